The van der Waals surface area contributed by atoms with Gasteiger partial charge in [-0.3, -0.25) is 10.1 Å². The average Bonchev–Trinajstić information content (AvgIpc) is 2.39. The van der Waals surface area contributed by atoms with Gasteiger partial charge < -0.3 is 0 Å². The Morgan fingerprint density at radius 3 is 2.58 bits per heavy atom. The lowest BCUT2D eigenvalue weighted by Crippen LogP contribution is -1.97. The Bertz CT molecular complexity index is 599. The molecule has 19 heavy (non-hydrogen) atoms. The predicted octanol–water partition coefficient (Wildman–Crippen LogP) is 3.66. The Hall–Kier alpha value is -2.01. The highest BCUT2D eigenvalue weighted by atomic mass is 35.5. The molecule has 6 heteroatoms. The van der Waals surface area contributed by atoms with Crippen LogP contribution in [0.2, 0.25) is 5.28 Å². The summed E-state index contributed by atoms with van der Waals surface area (Å²) in [6.45, 7) is 2.10. The van der Waals surface area contributed by atoms with Crippen molar-refractivity contribution in [3.8, 4) is 11.3 Å². The van der Waals surface area contributed by atoms with Crippen LogP contribution in [0, 0.1) is 10.1 Å². The molecule has 0 unspecified atom stereocenters. The van der Waals surface area contributed by atoms with Crippen molar-refractivity contribution in [3.63, 3.8) is 0 Å². The largest absolute Gasteiger partial charge is 0.313 e. The van der Waals surface area contributed by atoms with Gasteiger partial charge in [-0.15, -0.1) is 0 Å². The van der Waals surface area contributed by atoms with Crippen LogP contribution in [0.4, 0.5) is 5.69 Å². The molecule has 0 saturated carbocycles. The van der Waals surface area contributed by atoms with Crippen LogP contribution < -0.4 is 0 Å². The van der Waals surface area contributed by atoms with E-state index in [1.54, 1.807) is 0 Å². The van der Waals surface area contributed by atoms with E-state index in [9.17, 15) is 10.1 Å². The van der Waals surface area contributed by atoms with E-state index in [1.165, 1.54) is 5.56 Å². The van der Waals surface area contributed by atoms with Crippen molar-refractivity contribution in [2.45, 2.75) is 19.8 Å². The van der Waals surface area contributed by atoms with Gasteiger partial charge in [-0.2, -0.15) is 0 Å². The number of aromatic nitrogens is 2. The van der Waals surface area contributed by atoms with Crippen LogP contribution in [-0.4, -0.2) is 14.9 Å². The lowest BCUT2D eigenvalue weighted by molar-refractivity contribution is -0.384. The van der Waals surface area contributed by atoms with Crippen LogP contribution in [0.3, 0.4) is 0 Å². The summed E-state index contributed by atoms with van der Waals surface area (Å²) >= 11 is 5.71. The van der Waals surface area contributed by atoms with Crippen molar-refractivity contribution >= 4 is 17.3 Å². The highest BCUT2D eigenvalue weighted by molar-refractivity contribution is 6.28. The van der Waals surface area contributed by atoms with E-state index < -0.39 is 4.92 Å². The fourth-order valence-electron chi connectivity index (χ4n) is 1.82. The van der Waals surface area contributed by atoms with E-state index in [0.717, 1.165) is 19.0 Å². The number of benzene rings is 1. The third kappa shape index (κ3) is 3.06. The third-order valence-electron chi connectivity index (χ3n) is 2.70. The van der Waals surface area contributed by atoms with Gasteiger partial charge in [0.15, 0.2) is 5.69 Å². The molecule has 0 atom stereocenters. The van der Waals surface area contributed by atoms with Crippen molar-refractivity contribution in [1.82, 2.24) is 9.97 Å². The lowest BCUT2D eigenvalue weighted by atomic mass is 10.1. The molecule has 2 rings (SSSR count). The monoisotopic (exact) mass is 277 g/mol. The van der Waals surface area contributed by atoms with Gasteiger partial charge in [0, 0.05) is 5.56 Å². The molecular weight excluding hydrogens is 266 g/mol. The normalized spacial score (nSPS) is 10.4. The first-order chi connectivity index (χ1) is 9.11. The summed E-state index contributed by atoms with van der Waals surface area (Å²) in [5.41, 5.74) is 1.95. The Balaban J connectivity index is 2.45. The predicted molar refractivity (Wildman–Crippen MR) is 73.1 cm³/mol. The number of nitro groups is 1. The number of halogens is 1. The number of nitrogens with zero attached hydrogens (tertiary/aromatic N) is 3. The molecule has 0 saturated heterocycles. The molecular formula is C13H12ClN3O2. The maximum absolute atomic E-state index is 11.0. The second-order valence-electron chi connectivity index (χ2n) is 4.08. The van der Waals surface area contributed by atoms with Gasteiger partial charge in [-0.25, -0.2) is 9.97 Å². The highest BCUT2D eigenvalue weighted by Crippen LogP contribution is 2.28. The second-order valence-corrected chi connectivity index (χ2v) is 4.41. The molecule has 1 heterocycles. The number of hydrogen-bond acceptors (Lipinski definition) is 4. The van der Waals surface area contributed by atoms with Crippen LogP contribution >= 0.6 is 11.6 Å². The highest BCUT2D eigenvalue weighted by Gasteiger charge is 2.18. The molecule has 1 aromatic carbocycles. The average molecular weight is 278 g/mol. The minimum Gasteiger partial charge on any atom is -0.258 e. The number of aryl methyl sites for hydroxylation is 1. The summed E-state index contributed by atoms with van der Waals surface area (Å²) in [4.78, 5) is 18.0. The zero-order valence-corrected chi connectivity index (χ0v) is 11.1. The first-order valence-electron chi connectivity index (χ1n) is 5.88. The zero-order valence-electron chi connectivity index (χ0n) is 10.3. The molecule has 0 radical (unpaired) electrons. The Labute approximate surface area is 115 Å². The summed E-state index contributed by atoms with van der Waals surface area (Å²) in [5.74, 6) is 0. The van der Waals surface area contributed by atoms with Crippen molar-refractivity contribution in [3.05, 3.63) is 51.4 Å². The summed E-state index contributed by atoms with van der Waals surface area (Å²) < 4.78 is 0. The Kier molecular flexibility index (Phi) is 4.06. The fraction of sp³-hybridized carbons (Fsp3) is 0.231. The molecule has 0 N–H and O–H groups in total. The van der Waals surface area contributed by atoms with Gasteiger partial charge in [-0.1, -0.05) is 37.6 Å². The molecule has 5 nitrogen and oxygen atoms in total. The topological polar surface area (TPSA) is 68.9 Å². The molecule has 0 bridgehead atoms. The summed E-state index contributed by atoms with van der Waals surface area (Å²) in [7, 11) is 0. The van der Waals surface area contributed by atoms with E-state index in [4.69, 9.17) is 11.6 Å². The molecule has 2 aromatic rings. The molecule has 0 aliphatic carbocycles. The van der Waals surface area contributed by atoms with Crippen molar-refractivity contribution < 1.29 is 4.92 Å². The van der Waals surface area contributed by atoms with Crippen LogP contribution in [0.1, 0.15) is 18.9 Å². The van der Waals surface area contributed by atoms with Crippen molar-refractivity contribution in [1.29, 1.82) is 0 Å². The fourth-order valence-corrected chi connectivity index (χ4v) is 1.95. The maximum Gasteiger partial charge on any atom is 0.313 e. The zero-order chi connectivity index (χ0) is 13.8. The van der Waals surface area contributed by atoms with E-state index >= 15 is 0 Å². The standard InChI is InChI=1S/C13H12ClN3O2/c1-2-3-9-4-6-10(7-5-9)12-11(17(18)19)8-15-13(14)16-12/h4-8H,2-3H2,1H3. The molecule has 0 aliphatic heterocycles. The maximum atomic E-state index is 11.0. The van der Waals surface area contributed by atoms with Crippen LogP contribution in [0.15, 0.2) is 30.5 Å². The summed E-state index contributed by atoms with van der Waals surface area (Å²) in [6.07, 6.45) is 3.16. The van der Waals surface area contributed by atoms with Gasteiger partial charge in [-0.05, 0) is 23.6 Å². The first-order valence-corrected chi connectivity index (χ1v) is 6.26. The number of rotatable bonds is 4. The van der Waals surface area contributed by atoms with E-state index in [1.807, 2.05) is 24.3 Å². The van der Waals surface area contributed by atoms with Gasteiger partial charge in [0.05, 0.1) is 4.92 Å². The van der Waals surface area contributed by atoms with Crippen LogP contribution in [0.25, 0.3) is 11.3 Å². The van der Waals surface area contributed by atoms with Crippen molar-refractivity contribution in [2.75, 3.05) is 0 Å². The minimum absolute atomic E-state index is 0.00163. The van der Waals surface area contributed by atoms with Crippen molar-refractivity contribution in [2.24, 2.45) is 0 Å². The Morgan fingerprint density at radius 2 is 2.00 bits per heavy atom. The lowest BCUT2D eigenvalue weighted by Gasteiger charge is -2.04. The van der Waals surface area contributed by atoms with E-state index in [0.29, 0.717) is 5.56 Å². The van der Waals surface area contributed by atoms with Gasteiger partial charge in [0.2, 0.25) is 5.28 Å². The van der Waals surface area contributed by atoms with Gasteiger partial charge in [0.25, 0.3) is 0 Å². The molecule has 0 amide bonds. The molecule has 1 aromatic heterocycles. The molecule has 98 valence electrons. The number of hydrogen-bond donors (Lipinski definition) is 0. The van der Waals surface area contributed by atoms with Gasteiger partial charge >= 0.3 is 5.69 Å². The SMILES string of the molecule is CCCc1ccc(-c2nc(Cl)ncc2[N+](=O)[O-])cc1. The molecule has 0 spiro atoms. The van der Waals surface area contributed by atoms with Crippen LogP contribution in [-0.2, 0) is 6.42 Å². The molecule has 0 fully saturated rings. The first kappa shape index (κ1) is 13.4. The van der Waals surface area contributed by atoms with Crippen LogP contribution in [0.5, 0.6) is 0 Å². The molecule has 0 aliphatic rings. The van der Waals surface area contributed by atoms with Gasteiger partial charge in [0.1, 0.15) is 6.20 Å². The second kappa shape index (κ2) is 5.75. The quantitative estimate of drug-likeness (QED) is 0.486. The Morgan fingerprint density at radius 1 is 1.32 bits per heavy atom. The van der Waals surface area contributed by atoms with E-state index in [-0.39, 0.29) is 16.7 Å². The smallest absolute Gasteiger partial charge is 0.258 e. The third-order valence-corrected chi connectivity index (χ3v) is 2.88. The minimum atomic E-state index is -0.508. The van der Waals surface area contributed by atoms with E-state index in [2.05, 4.69) is 16.9 Å². The summed E-state index contributed by atoms with van der Waals surface area (Å²) in [6, 6.07) is 7.52. The summed E-state index contributed by atoms with van der Waals surface area (Å²) in [5, 5.41) is 11.0.